The molecule has 0 aliphatic heterocycles. The number of thioether (sulfide) groups is 1. The SMILES string of the molecule is C=CCn1c(SCC(=O)Nc2ccccc2C(=O)OCC)nnc1-c1ccc(C)cc1. The number of allylic oxidation sites excluding steroid dienone is 1. The van der Waals surface area contributed by atoms with Crippen molar-refractivity contribution in [3.63, 3.8) is 0 Å². The number of amides is 1. The van der Waals surface area contributed by atoms with E-state index in [1.165, 1.54) is 11.8 Å². The summed E-state index contributed by atoms with van der Waals surface area (Å²) in [5.41, 5.74) is 2.84. The van der Waals surface area contributed by atoms with E-state index >= 15 is 0 Å². The number of hydrogen-bond donors (Lipinski definition) is 1. The van der Waals surface area contributed by atoms with Gasteiger partial charge in [0.05, 0.1) is 23.6 Å². The second kappa shape index (κ2) is 10.6. The number of esters is 1. The molecule has 1 N–H and O–H groups in total. The molecule has 2 aromatic carbocycles. The Morgan fingerprint density at radius 2 is 1.90 bits per heavy atom. The zero-order chi connectivity index (χ0) is 22.2. The van der Waals surface area contributed by atoms with Gasteiger partial charge in [0.2, 0.25) is 5.91 Å². The highest BCUT2D eigenvalue weighted by Gasteiger charge is 2.17. The highest BCUT2D eigenvalue weighted by molar-refractivity contribution is 7.99. The van der Waals surface area contributed by atoms with E-state index in [-0.39, 0.29) is 18.3 Å². The first-order valence-corrected chi connectivity index (χ1v) is 10.8. The van der Waals surface area contributed by atoms with Crippen LogP contribution in [0.2, 0.25) is 0 Å². The van der Waals surface area contributed by atoms with Gasteiger partial charge in [-0.05, 0) is 26.0 Å². The summed E-state index contributed by atoms with van der Waals surface area (Å²) in [5.74, 6) is 0.0992. The van der Waals surface area contributed by atoms with Crippen molar-refractivity contribution in [1.82, 2.24) is 14.8 Å². The minimum Gasteiger partial charge on any atom is -0.462 e. The maximum absolute atomic E-state index is 12.5. The number of hydrogen-bond acceptors (Lipinski definition) is 6. The Hall–Kier alpha value is -3.39. The van der Waals surface area contributed by atoms with E-state index in [1.54, 1.807) is 37.3 Å². The second-order valence-electron chi connectivity index (χ2n) is 6.67. The quantitative estimate of drug-likeness (QED) is 0.305. The zero-order valence-electron chi connectivity index (χ0n) is 17.5. The third-order valence-electron chi connectivity index (χ3n) is 4.37. The molecule has 31 heavy (non-hydrogen) atoms. The first kappa shape index (κ1) is 22.3. The molecule has 0 bridgehead atoms. The van der Waals surface area contributed by atoms with Gasteiger partial charge in [-0.15, -0.1) is 16.8 Å². The van der Waals surface area contributed by atoms with Gasteiger partial charge < -0.3 is 10.1 Å². The molecular weight excluding hydrogens is 412 g/mol. The van der Waals surface area contributed by atoms with Crippen LogP contribution in [0.3, 0.4) is 0 Å². The molecule has 3 aromatic rings. The highest BCUT2D eigenvalue weighted by Crippen LogP contribution is 2.25. The molecule has 0 unspecified atom stereocenters. The molecule has 1 aromatic heterocycles. The van der Waals surface area contributed by atoms with Gasteiger partial charge in [0.25, 0.3) is 0 Å². The molecular formula is C23H24N4O3S. The molecule has 160 valence electrons. The smallest absolute Gasteiger partial charge is 0.340 e. The summed E-state index contributed by atoms with van der Waals surface area (Å²) in [6, 6.07) is 14.8. The second-order valence-corrected chi connectivity index (χ2v) is 7.62. The number of nitrogens with zero attached hydrogens (tertiary/aromatic N) is 3. The van der Waals surface area contributed by atoms with Crippen LogP contribution in [0.25, 0.3) is 11.4 Å². The van der Waals surface area contributed by atoms with Crippen LogP contribution in [0.5, 0.6) is 0 Å². The lowest BCUT2D eigenvalue weighted by Crippen LogP contribution is -2.17. The van der Waals surface area contributed by atoms with E-state index in [0.29, 0.717) is 23.0 Å². The molecule has 0 radical (unpaired) electrons. The summed E-state index contributed by atoms with van der Waals surface area (Å²) in [4.78, 5) is 24.6. The number of carbonyl (C=O) groups excluding carboxylic acids is 2. The van der Waals surface area contributed by atoms with Crippen LogP contribution >= 0.6 is 11.8 Å². The van der Waals surface area contributed by atoms with Crippen molar-refractivity contribution in [2.45, 2.75) is 25.5 Å². The van der Waals surface area contributed by atoms with Gasteiger partial charge in [-0.3, -0.25) is 9.36 Å². The summed E-state index contributed by atoms with van der Waals surface area (Å²) in [6.07, 6.45) is 1.76. The van der Waals surface area contributed by atoms with Crippen LogP contribution < -0.4 is 5.32 Å². The first-order valence-electron chi connectivity index (χ1n) is 9.83. The fourth-order valence-corrected chi connectivity index (χ4v) is 3.65. The number of aryl methyl sites for hydroxylation is 1. The molecule has 8 heteroatoms. The lowest BCUT2D eigenvalue weighted by atomic mass is 10.1. The van der Waals surface area contributed by atoms with E-state index < -0.39 is 5.97 Å². The summed E-state index contributed by atoms with van der Waals surface area (Å²) < 4.78 is 6.97. The number of para-hydroxylation sites is 1. The molecule has 7 nitrogen and oxygen atoms in total. The summed E-state index contributed by atoms with van der Waals surface area (Å²) in [5, 5.41) is 12.0. The van der Waals surface area contributed by atoms with Gasteiger partial charge in [-0.25, -0.2) is 4.79 Å². The first-order chi connectivity index (χ1) is 15.0. The minimum atomic E-state index is -0.473. The standard InChI is InChI=1S/C23H24N4O3S/c1-4-14-27-21(17-12-10-16(3)11-13-17)25-26-23(27)31-15-20(28)24-19-9-7-6-8-18(19)22(29)30-5-2/h4,6-13H,1,5,14-15H2,2-3H3,(H,24,28). The Morgan fingerprint density at radius 3 is 2.61 bits per heavy atom. The van der Waals surface area contributed by atoms with Crippen LogP contribution in [-0.2, 0) is 16.1 Å². The van der Waals surface area contributed by atoms with Gasteiger partial charge >= 0.3 is 5.97 Å². The van der Waals surface area contributed by atoms with E-state index in [1.807, 2.05) is 35.8 Å². The highest BCUT2D eigenvalue weighted by atomic mass is 32.2. The normalized spacial score (nSPS) is 10.5. The number of carbonyl (C=O) groups is 2. The number of ether oxygens (including phenoxy) is 1. The van der Waals surface area contributed by atoms with Gasteiger partial charge in [0.15, 0.2) is 11.0 Å². The Bertz CT molecular complexity index is 1080. The zero-order valence-corrected chi connectivity index (χ0v) is 18.3. The average Bonchev–Trinajstić information content (AvgIpc) is 3.16. The van der Waals surface area contributed by atoms with Crippen LogP contribution in [0.1, 0.15) is 22.8 Å². The van der Waals surface area contributed by atoms with Crippen LogP contribution in [0, 0.1) is 6.92 Å². The number of benzene rings is 2. The third-order valence-corrected chi connectivity index (χ3v) is 5.33. The van der Waals surface area contributed by atoms with E-state index in [2.05, 4.69) is 22.1 Å². The third kappa shape index (κ3) is 5.61. The van der Waals surface area contributed by atoms with Crippen LogP contribution in [-0.4, -0.2) is 39.0 Å². The van der Waals surface area contributed by atoms with Gasteiger partial charge in [-0.2, -0.15) is 0 Å². The van der Waals surface area contributed by atoms with E-state index in [9.17, 15) is 9.59 Å². The Labute approximate surface area is 185 Å². The molecule has 1 heterocycles. The van der Waals surface area contributed by atoms with E-state index in [4.69, 9.17) is 4.74 Å². The van der Waals surface area contributed by atoms with Gasteiger partial charge in [-0.1, -0.05) is 59.8 Å². The molecule has 0 saturated carbocycles. The van der Waals surface area contributed by atoms with Crippen molar-refractivity contribution in [3.8, 4) is 11.4 Å². The predicted octanol–water partition coefficient (Wildman–Crippen LogP) is 4.35. The molecule has 0 fully saturated rings. The van der Waals surface area contributed by atoms with Crippen molar-refractivity contribution >= 4 is 29.3 Å². The van der Waals surface area contributed by atoms with Crippen molar-refractivity contribution in [1.29, 1.82) is 0 Å². The molecule has 0 aliphatic rings. The number of anilines is 1. The number of rotatable bonds is 9. The molecule has 0 atom stereocenters. The average molecular weight is 437 g/mol. The largest absolute Gasteiger partial charge is 0.462 e. The molecule has 0 saturated heterocycles. The fourth-order valence-electron chi connectivity index (χ4n) is 2.90. The van der Waals surface area contributed by atoms with Crippen LogP contribution in [0.15, 0.2) is 66.3 Å². The minimum absolute atomic E-state index is 0.111. The lowest BCUT2D eigenvalue weighted by Gasteiger charge is -2.11. The monoisotopic (exact) mass is 436 g/mol. The Morgan fingerprint density at radius 1 is 1.16 bits per heavy atom. The maximum Gasteiger partial charge on any atom is 0.340 e. The Balaban J connectivity index is 1.72. The summed E-state index contributed by atoms with van der Waals surface area (Å²) in [6.45, 7) is 8.35. The summed E-state index contributed by atoms with van der Waals surface area (Å²) >= 11 is 1.27. The van der Waals surface area contributed by atoms with Crippen LogP contribution in [0.4, 0.5) is 5.69 Å². The fraction of sp³-hybridized carbons (Fsp3) is 0.217. The Kier molecular flexibility index (Phi) is 7.61. The van der Waals surface area contributed by atoms with Crippen molar-refractivity contribution in [3.05, 3.63) is 72.3 Å². The van der Waals surface area contributed by atoms with Gasteiger partial charge in [0.1, 0.15) is 0 Å². The van der Waals surface area contributed by atoms with Crippen molar-refractivity contribution < 1.29 is 14.3 Å². The molecule has 3 rings (SSSR count). The molecule has 0 aliphatic carbocycles. The predicted molar refractivity (Wildman–Crippen MR) is 122 cm³/mol. The molecule has 0 spiro atoms. The van der Waals surface area contributed by atoms with E-state index in [0.717, 1.165) is 17.0 Å². The van der Waals surface area contributed by atoms with Gasteiger partial charge in [0, 0.05) is 12.1 Å². The summed E-state index contributed by atoms with van der Waals surface area (Å²) in [7, 11) is 0. The number of aromatic nitrogens is 3. The maximum atomic E-state index is 12.5. The topological polar surface area (TPSA) is 86.1 Å². The number of nitrogens with one attached hydrogen (secondary N) is 1. The van der Waals surface area contributed by atoms with Crippen molar-refractivity contribution in [2.75, 3.05) is 17.7 Å². The van der Waals surface area contributed by atoms with Crippen molar-refractivity contribution in [2.24, 2.45) is 0 Å². The molecule has 1 amide bonds. The lowest BCUT2D eigenvalue weighted by molar-refractivity contribution is -0.113.